The van der Waals surface area contributed by atoms with Gasteiger partial charge in [0.15, 0.2) is 5.13 Å². The van der Waals surface area contributed by atoms with Crippen LogP contribution in [0.2, 0.25) is 0 Å². The number of nitrogens with zero attached hydrogens (tertiary/aromatic N) is 1. The highest BCUT2D eigenvalue weighted by Gasteiger charge is 2.15. The van der Waals surface area contributed by atoms with Crippen LogP contribution in [-0.2, 0) is 9.53 Å². The zero-order valence-corrected chi connectivity index (χ0v) is 10.6. The van der Waals surface area contributed by atoms with E-state index < -0.39 is 6.04 Å². The van der Waals surface area contributed by atoms with Crippen LogP contribution in [0.25, 0.3) is 0 Å². The molecule has 90 valence electrons. The summed E-state index contributed by atoms with van der Waals surface area (Å²) in [6, 6.07) is -0.551. The first kappa shape index (κ1) is 13.1. The molecule has 0 aliphatic rings. The lowest BCUT2D eigenvalue weighted by Gasteiger charge is -2.09. The molecule has 0 aliphatic carbocycles. The van der Waals surface area contributed by atoms with Gasteiger partial charge < -0.3 is 15.8 Å². The second-order valence-electron chi connectivity index (χ2n) is 3.54. The Morgan fingerprint density at radius 1 is 1.62 bits per heavy atom. The number of rotatable bonds is 5. The minimum atomic E-state index is -0.551. The molecule has 0 spiro atoms. The number of anilines is 1. The quantitative estimate of drug-likeness (QED) is 0.810. The van der Waals surface area contributed by atoms with Gasteiger partial charge in [0.1, 0.15) is 0 Å². The third-order valence-electron chi connectivity index (χ3n) is 2.23. The van der Waals surface area contributed by atoms with E-state index in [9.17, 15) is 4.79 Å². The first-order valence-electron chi connectivity index (χ1n) is 5.04. The van der Waals surface area contributed by atoms with Gasteiger partial charge in [-0.25, -0.2) is 4.98 Å². The number of thiazole rings is 1. The standard InChI is InChI=1S/C10H17N3O2S/c1-6-7(2)16-10(12-6)13-9(14)8(11)4-5-15-3/h8H,4-5,11H2,1-3H3,(H,12,13,14). The van der Waals surface area contributed by atoms with Crippen LogP contribution in [0.15, 0.2) is 0 Å². The van der Waals surface area contributed by atoms with Crippen LogP contribution in [0.4, 0.5) is 5.13 Å². The van der Waals surface area contributed by atoms with Crippen molar-refractivity contribution in [2.45, 2.75) is 26.3 Å². The van der Waals surface area contributed by atoms with Gasteiger partial charge in [0.25, 0.3) is 0 Å². The highest BCUT2D eigenvalue weighted by Crippen LogP contribution is 2.21. The molecule has 0 saturated carbocycles. The van der Waals surface area contributed by atoms with Gasteiger partial charge in [0, 0.05) is 18.6 Å². The summed E-state index contributed by atoms with van der Waals surface area (Å²) in [7, 11) is 1.58. The molecule has 3 N–H and O–H groups in total. The fraction of sp³-hybridized carbons (Fsp3) is 0.600. The SMILES string of the molecule is COCCC(N)C(=O)Nc1nc(C)c(C)s1. The van der Waals surface area contributed by atoms with Crippen LogP contribution in [0.5, 0.6) is 0 Å². The fourth-order valence-corrected chi connectivity index (χ4v) is 1.92. The highest BCUT2D eigenvalue weighted by atomic mass is 32.1. The first-order valence-corrected chi connectivity index (χ1v) is 5.85. The number of amides is 1. The Hall–Kier alpha value is -0.980. The highest BCUT2D eigenvalue weighted by molar-refractivity contribution is 7.15. The van der Waals surface area contributed by atoms with Crippen LogP contribution in [0.3, 0.4) is 0 Å². The van der Waals surface area contributed by atoms with Crippen LogP contribution in [0.1, 0.15) is 17.0 Å². The third kappa shape index (κ3) is 3.55. The van der Waals surface area contributed by atoms with E-state index in [0.29, 0.717) is 18.2 Å². The molecule has 0 aliphatic heterocycles. The van der Waals surface area contributed by atoms with E-state index in [1.54, 1.807) is 7.11 Å². The summed E-state index contributed by atoms with van der Waals surface area (Å²) in [6.07, 6.45) is 0.506. The van der Waals surface area contributed by atoms with E-state index in [2.05, 4.69) is 10.3 Å². The number of aromatic nitrogens is 1. The molecular weight excluding hydrogens is 226 g/mol. The molecule has 6 heteroatoms. The van der Waals surface area contributed by atoms with Crippen LogP contribution in [0, 0.1) is 13.8 Å². The zero-order chi connectivity index (χ0) is 12.1. The van der Waals surface area contributed by atoms with E-state index in [-0.39, 0.29) is 5.91 Å². The van der Waals surface area contributed by atoms with E-state index in [1.807, 2.05) is 13.8 Å². The average molecular weight is 243 g/mol. The Labute approximate surface area is 99.0 Å². The van der Waals surface area contributed by atoms with Crippen molar-refractivity contribution in [2.24, 2.45) is 5.73 Å². The van der Waals surface area contributed by atoms with Gasteiger partial charge in [0.2, 0.25) is 5.91 Å². The summed E-state index contributed by atoms with van der Waals surface area (Å²) in [5.41, 5.74) is 6.62. The predicted octanol–water partition coefficient (Wildman–Crippen LogP) is 1.06. The van der Waals surface area contributed by atoms with Crippen LogP contribution >= 0.6 is 11.3 Å². The number of methoxy groups -OCH3 is 1. The third-order valence-corrected chi connectivity index (χ3v) is 3.22. The minimum Gasteiger partial charge on any atom is -0.385 e. The second-order valence-corrected chi connectivity index (χ2v) is 4.74. The number of carbonyl (C=O) groups is 1. The van der Waals surface area contributed by atoms with E-state index in [1.165, 1.54) is 11.3 Å². The monoisotopic (exact) mass is 243 g/mol. The number of ether oxygens (including phenoxy) is 1. The maximum absolute atomic E-state index is 11.6. The predicted molar refractivity (Wildman–Crippen MR) is 64.7 cm³/mol. The molecule has 0 fully saturated rings. The second kappa shape index (κ2) is 5.93. The zero-order valence-electron chi connectivity index (χ0n) is 9.74. The average Bonchev–Trinajstić information content (AvgIpc) is 2.54. The largest absolute Gasteiger partial charge is 0.385 e. The molecule has 1 unspecified atom stereocenters. The molecule has 1 atom stereocenters. The number of nitrogens with one attached hydrogen (secondary N) is 1. The summed E-state index contributed by atoms with van der Waals surface area (Å²) in [6.45, 7) is 4.35. The van der Waals surface area contributed by atoms with Crippen LogP contribution < -0.4 is 11.1 Å². The molecule has 0 bridgehead atoms. The lowest BCUT2D eigenvalue weighted by molar-refractivity contribution is -0.117. The number of carbonyl (C=O) groups excluding carboxylic acids is 1. The first-order chi connectivity index (χ1) is 7.54. The summed E-state index contributed by atoms with van der Waals surface area (Å²) in [5.74, 6) is -0.217. The molecule has 1 amide bonds. The minimum absolute atomic E-state index is 0.217. The van der Waals surface area contributed by atoms with Gasteiger partial charge in [0.05, 0.1) is 11.7 Å². The van der Waals surface area contributed by atoms with Crippen molar-refractivity contribution in [1.82, 2.24) is 4.98 Å². The van der Waals surface area contributed by atoms with Crippen molar-refractivity contribution in [1.29, 1.82) is 0 Å². The molecule has 5 nitrogen and oxygen atoms in total. The van der Waals surface area contributed by atoms with Crippen molar-refractivity contribution in [3.8, 4) is 0 Å². The maximum Gasteiger partial charge on any atom is 0.243 e. The van der Waals surface area contributed by atoms with Crippen molar-refractivity contribution in [3.63, 3.8) is 0 Å². The summed E-state index contributed by atoms with van der Waals surface area (Å²) >= 11 is 1.45. The number of hydrogen-bond donors (Lipinski definition) is 2. The number of nitrogens with two attached hydrogens (primary N) is 1. The Balaban J connectivity index is 2.50. The van der Waals surface area contributed by atoms with E-state index in [4.69, 9.17) is 10.5 Å². The van der Waals surface area contributed by atoms with Crippen molar-refractivity contribution >= 4 is 22.4 Å². The van der Waals surface area contributed by atoms with Crippen molar-refractivity contribution in [3.05, 3.63) is 10.6 Å². The Kier molecular flexibility index (Phi) is 4.85. The lowest BCUT2D eigenvalue weighted by atomic mass is 10.2. The molecule has 0 aromatic carbocycles. The van der Waals surface area contributed by atoms with Gasteiger partial charge in [-0.05, 0) is 20.3 Å². The van der Waals surface area contributed by atoms with Crippen molar-refractivity contribution in [2.75, 3.05) is 19.0 Å². The Bertz CT molecular complexity index is 345. The molecule has 1 aromatic rings. The molecule has 1 rings (SSSR count). The Morgan fingerprint density at radius 2 is 2.31 bits per heavy atom. The van der Waals surface area contributed by atoms with Gasteiger partial charge in [-0.3, -0.25) is 4.79 Å². The molecule has 0 radical (unpaired) electrons. The van der Waals surface area contributed by atoms with E-state index in [0.717, 1.165) is 10.6 Å². The topological polar surface area (TPSA) is 77.2 Å². The van der Waals surface area contributed by atoms with Gasteiger partial charge in [-0.1, -0.05) is 0 Å². The lowest BCUT2D eigenvalue weighted by Crippen LogP contribution is -2.36. The van der Waals surface area contributed by atoms with Gasteiger partial charge in [-0.15, -0.1) is 11.3 Å². The molecular formula is C10H17N3O2S. The number of hydrogen-bond acceptors (Lipinski definition) is 5. The summed E-state index contributed by atoms with van der Waals surface area (Å²) in [4.78, 5) is 16.9. The Morgan fingerprint density at radius 3 is 2.81 bits per heavy atom. The molecule has 1 aromatic heterocycles. The van der Waals surface area contributed by atoms with E-state index >= 15 is 0 Å². The molecule has 1 heterocycles. The normalized spacial score (nSPS) is 12.5. The summed E-state index contributed by atoms with van der Waals surface area (Å²) < 4.78 is 4.86. The van der Waals surface area contributed by atoms with Crippen LogP contribution in [-0.4, -0.2) is 30.6 Å². The molecule has 0 saturated heterocycles. The molecule has 16 heavy (non-hydrogen) atoms. The van der Waals surface area contributed by atoms with Gasteiger partial charge in [-0.2, -0.15) is 0 Å². The smallest absolute Gasteiger partial charge is 0.243 e. The summed E-state index contributed by atoms with van der Waals surface area (Å²) in [5, 5.41) is 3.30. The number of aryl methyl sites for hydroxylation is 2. The fourth-order valence-electron chi connectivity index (χ4n) is 1.10. The van der Waals surface area contributed by atoms with Crippen molar-refractivity contribution < 1.29 is 9.53 Å². The van der Waals surface area contributed by atoms with Gasteiger partial charge >= 0.3 is 0 Å². The maximum atomic E-state index is 11.6.